The highest BCUT2D eigenvalue weighted by Gasteiger charge is 2.27. The van der Waals surface area contributed by atoms with Crippen LogP contribution in [0.4, 0.5) is 11.4 Å². The van der Waals surface area contributed by atoms with Crippen LogP contribution >= 0.6 is 0 Å². The SMILES string of the molecule is Cc1ccc(N)c(C)c1S(=O)(=O)c1c(C)ccc(N)c1C. The summed E-state index contributed by atoms with van der Waals surface area (Å²) in [6.07, 6.45) is 0. The average molecular weight is 304 g/mol. The second-order valence-electron chi connectivity index (χ2n) is 5.36. The van der Waals surface area contributed by atoms with Gasteiger partial charge in [0.15, 0.2) is 0 Å². The van der Waals surface area contributed by atoms with E-state index in [-0.39, 0.29) is 9.79 Å². The molecule has 0 bridgehead atoms. The van der Waals surface area contributed by atoms with Gasteiger partial charge in [0.2, 0.25) is 9.84 Å². The van der Waals surface area contributed by atoms with E-state index in [1.807, 2.05) is 0 Å². The monoisotopic (exact) mass is 304 g/mol. The van der Waals surface area contributed by atoms with Gasteiger partial charge in [0, 0.05) is 11.4 Å². The zero-order valence-electron chi connectivity index (χ0n) is 12.7. The van der Waals surface area contributed by atoms with E-state index in [0.717, 1.165) is 0 Å². The van der Waals surface area contributed by atoms with Gasteiger partial charge in [-0.1, -0.05) is 12.1 Å². The Morgan fingerprint density at radius 3 is 1.38 bits per heavy atom. The molecule has 112 valence electrons. The molecule has 0 saturated carbocycles. The van der Waals surface area contributed by atoms with Gasteiger partial charge in [-0.05, 0) is 62.1 Å². The zero-order valence-corrected chi connectivity index (χ0v) is 13.5. The number of benzene rings is 2. The summed E-state index contributed by atoms with van der Waals surface area (Å²) in [5.74, 6) is 0. The predicted molar refractivity (Wildman–Crippen MR) is 86.1 cm³/mol. The van der Waals surface area contributed by atoms with Gasteiger partial charge in [0.25, 0.3) is 0 Å². The van der Waals surface area contributed by atoms with Crippen LogP contribution in [0.2, 0.25) is 0 Å². The van der Waals surface area contributed by atoms with Crippen molar-refractivity contribution in [2.45, 2.75) is 37.5 Å². The number of nitrogens with two attached hydrogens (primary N) is 2. The third kappa shape index (κ3) is 2.38. The van der Waals surface area contributed by atoms with E-state index < -0.39 is 9.84 Å². The summed E-state index contributed by atoms with van der Waals surface area (Å²) >= 11 is 0. The first kappa shape index (κ1) is 15.4. The lowest BCUT2D eigenvalue weighted by atomic mass is 10.1. The van der Waals surface area contributed by atoms with Crippen molar-refractivity contribution in [2.24, 2.45) is 0 Å². The Hall–Kier alpha value is -2.01. The van der Waals surface area contributed by atoms with Gasteiger partial charge in [-0.25, -0.2) is 8.42 Å². The Morgan fingerprint density at radius 1 is 0.714 bits per heavy atom. The number of nitrogen functional groups attached to an aromatic ring is 2. The Kier molecular flexibility index (Phi) is 3.72. The topological polar surface area (TPSA) is 86.2 Å². The summed E-state index contributed by atoms with van der Waals surface area (Å²) in [7, 11) is -3.67. The van der Waals surface area contributed by atoms with Gasteiger partial charge >= 0.3 is 0 Å². The Balaban J connectivity index is 2.88. The average Bonchev–Trinajstić information content (AvgIpc) is 2.39. The molecule has 0 atom stereocenters. The zero-order chi connectivity index (χ0) is 15.9. The normalized spacial score (nSPS) is 11.6. The molecule has 2 aromatic carbocycles. The number of sulfone groups is 1. The van der Waals surface area contributed by atoms with Crippen LogP contribution in [0.25, 0.3) is 0 Å². The smallest absolute Gasteiger partial charge is 0.207 e. The molecule has 0 amide bonds. The van der Waals surface area contributed by atoms with Gasteiger partial charge in [-0.15, -0.1) is 0 Å². The van der Waals surface area contributed by atoms with Crippen LogP contribution in [0.15, 0.2) is 34.1 Å². The van der Waals surface area contributed by atoms with Gasteiger partial charge in [0.1, 0.15) is 0 Å². The second-order valence-corrected chi connectivity index (χ2v) is 7.18. The highest BCUT2D eigenvalue weighted by Crippen LogP contribution is 2.34. The highest BCUT2D eigenvalue weighted by atomic mass is 32.2. The van der Waals surface area contributed by atoms with E-state index in [9.17, 15) is 8.42 Å². The van der Waals surface area contributed by atoms with E-state index in [2.05, 4.69) is 0 Å². The molecule has 5 heteroatoms. The van der Waals surface area contributed by atoms with E-state index >= 15 is 0 Å². The van der Waals surface area contributed by atoms with Gasteiger partial charge in [-0.2, -0.15) is 0 Å². The van der Waals surface area contributed by atoms with Gasteiger partial charge < -0.3 is 11.5 Å². The van der Waals surface area contributed by atoms with Gasteiger partial charge in [-0.3, -0.25) is 0 Å². The Labute approximate surface area is 125 Å². The molecule has 2 aromatic rings. The summed E-state index contributed by atoms with van der Waals surface area (Å²) in [5.41, 5.74) is 15.2. The van der Waals surface area contributed by atoms with Crippen molar-refractivity contribution >= 4 is 21.2 Å². The summed E-state index contributed by atoms with van der Waals surface area (Å²) < 4.78 is 26.2. The molecule has 0 aliphatic rings. The van der Waals surface area contributed by atoms with Crippen LogP contribution < -0.4 is 11.5 Å². The van der Waals surface area contributed by atoms with Crippen LogP contribution in [0, 0.1) is 27.7 Å². The van der Waals surface area contributed by atoms with Crippen LogP contribution in [-0.2, 0) is 9.84 Å². The number of anilines is 2. The first-order valence-corrected chi connectivity index (χ1v) is 8.12. The van der Waals surface area contributed by atoms with Crippen molar-refractivity contribution in [3.05, 3.63) is 46.5 Å². The lowest BCUT2D eigenvalue weighted by Crippen LogP contribution is -2.12. The van der Waals surface area contributed by atoms with Crippen LogP contribution in [-0.4, -0.2) is 8.42 Å². The minimum absolute atomic E-state index is 0.277. The van der Waals surface area contributed by atoms with Crippen LogP contribution in [0.3, 0.4) is 0 Å². The maximum absolute atomic E-state index is 13.1. The minimum atomic E-state index is -3.67. The molecular weight excluding hydrogens is 284 g/mol. The summed E-state index contributed by atoms with van der Waals surface area (Å²) in [6.45, 7) is 7.00. The van der Waals surface area contributed by atoms with Crippen molar-refractivity contribution in [1.29, 1.82) is 0 Å². The molecule has 0 saturated heterocycles. The molecule has 0 aliphatic carbocycles. The van der Waals surface area contributed by atoms with E-state index in [1.54, 1.807) is 52.0 Å². The third-order valence-electron chi connectivity index (χ3n) is 3.83. The molecule has 0 spiro atoms. The Morgan fingerprint density at radius 2 is 1.05 bits per heavy atom. The Bertz CT molecular complexity index is 761. The summed E-state index contributed by atoms with van der Waals surface area (Å²) in [5, 5.41) is 0. The number of aryl methyl sites for hydroxylation is 2. The first-order valence-electron chi connectivity index (χ1n) is 6.64. The third-order valence-corrected chi connectivity index (χ3v) is 6.16. The standard InChI is InChI=1S/C16H20N2O2S/c1-9-5-7-13(17)11(3)15(9)21(19,20)16-10(2)6-8-14(18)12(16)4/h5-8H,17-18H2,1-4H3. The molecule has 4 nitrogen and oxygen atoms in total. The lowest BCUT2D eigenvalue weighted by molar-refractivity contribution is 0.593. The summed E-state index contributed by atoms with van der Waals surface area (Å²) in [4.78, 5) is 0.554. The van der Waals surface area contributed by atoms with Crippen molar-refractivity contribution in [3.8, 4) is 0 Å². The fraction of sp³-hybridized carbons (Fsp3) is 0.250. The predicted octanol–water partition coefficient (Wildman–Crippen LogP) is 2.92. The maximum Gasteiger partial charge on any atom is 0.207 e. The molecule has 0 radical (unpaired) electrons. The number of hydrogen-bond donors (Lipinski definition) is 2. The molecule has 0 fully saturated rings. The van der Waals surface area contributed by atoms with E-state index in [1.165, 1.54) is 0 Å². The highest BCUT2D eigenvalue weighted by molar-refractivity contribution is 7.91. The van der Waals surface area contributed by atoms with Gasteiger partial charge in [0.05, 0.1) is 9.79 Å². The quantitative estimate of drug-likeness (QED) is 0.835. The minimum Gasteiger partial charge on any atom is -0.398 e. The van der Waals surface area contributed by atoms with Crippen molar-refractivity contribution < 1.29 is 8.42 Å². The van der Waals surface area contributed by atoms with Crippen LogP contribution in [0.5, 0.6) is 0 Å². The molecule has 2 rings (SSSR count). The maximum atomic E-state index is 13.1. The molecule has 21 heavy (non-hydrogen) atoms. The largest absolute Gasteiger partial charge is 0.398 e. The summed E-state index contributed by atoms with van der Waals surface area (Å²) in [6, 6.07) is 6.91. The van der Waals surface area contributed by atoms with Crippen molar-refractivity contribution in [3.63, 3.8) is 0 Å². The van der Waals surface area contributed by atoms with Crippen molar-refractivity contribution in [2.75, 3.05) is 11.5 Å². The molecule has 0 aromatic heterocycles. The molecule has 0 unspecified atom stereocenters. The van der Waals surface area contributed by atoms with E-state index in [0.29, 0.717) is 33.6 Å². The molecule has 0 heterocycles. The van der Waals surface area contributed by atoms with Crippen molar-refractivity contribution in [1.82, 2.24) is 0 Å². The molecule has 4 N–H and O–H groups in total. The molecule has 0 aliphatic heterocycles. The number of hydrogen-bond acceptors (Lipinski definition) is 4. The fourth-order valence-electron chi connectivity index (χ4n) is 2.61. The van der Waals surface area contributed by atoms with Crippen LogP contribution in [0.1, 0.15) is 22.3 Å². The second kappa shape index (κ2) is 5.07. The first-order chi connectivity index (χ1) is 9.67. The number of rotatable bonds is 2. The lowest BCUT2D eigenvalue weighted by Gasteiger charge is -2.17. The fourth-order valence-corrected chi connectivity index (χ4v) is 4.84. The molecular formula is C16H20N2O2S. The van der Waals surface area contributed by atoms with E-state index in [4.69, 9.17) is 11.5 Å².